The Morgan fingerprint density at radius 1 is 1.07 bits per heavy atom. The van der Waals surface area contributed by atoms with Crippen LogP contribution < -0.4 is 15.5 Å². The second kappa shape index (κ2) is 7.26. The highest BCUT2D eigenvalue weighted by Crippen LogP contribution is 2.43. The molecule has 0 unspecified atom stereocenters. The number of hydrogen-bond donors (Lipinski definition) is 1. The average molecular weight is 420 g/mol. The van der Waals surface area contributed by atoms with Crippen molar-refractivity contribution in [3.8, 4) is 11.4 Å². The first-order valence-corrected chi connectivity index (χ1v) is 10.2. The molecule has 0 radical (unpaired) electrons. The van der Waals surface area contributed by atoms with Crippen LogP contribution in [0.5, 0.6) is 0 Å². The number of fused-ring (bicyclic) bond motifs is 3. The summed E-state index contributed by atoms with van der Waals surface area (Å²) >= 11 is 0. The topological polar surface area (TPSA) is 80.4 Å². The van der Waals surface area contributed by atoms with Crippen LogP contribution in [0.25, 0.3) is 11.4 Å². The van der Waals surface area contributed by atoms with E-state index in [2.05, 4.69) is 24.8 Å². The molecule has 0 spiro atoms. The zero-order chi connectivity index (χ0) is 20.9. The maximum Gasteiger partial charge on any atom is 0.417 e. The van der Waals surface area contributed by atoms with E-state index in [9.17, 15) is 13.2 Å². The first kappa shape index (κ1) is 19.3. The molecule has 2 fully saturated rings. The quantitative estimate of drug-likeness (QED) is 0.800. The molecule has 0 aromatic carbocycles. The van der Waals surface area contributed by atoms with Gasteiger partial charge in [-0.25, -0.2) is 15.0 Å². The molecular weight excluding hydrogens is 397 g/mol. The van der Waals surface area contributed by atoms with E-state index >= 15 is 0 Å². The first-order chi connectivity index (χ1) is 14.4. The second-order valence-corrected chi connectivity index (χ2v) is 7.97. The lowest BCUT2D eigenvalue weighted by molar-refractivity contribution is -0.137. The minimum atomic E-state index is -4.58. The van der Waals surface area contributed by atoms with E-state index in [-0.39, 0.29) is 17.2 Å². The van der Waals surface area contributed by atoms with Gasteiger partial charge >= 0.3 is 6.18 Å². The van der Waals surface area contributed by atoms with Gasteiger partial charge in [0.1, 0.15) is 17.5 Å². The average Bonchev–Trinajstić information content (AvgIpc) is 3.12. The minimum absolute atomic E-state index is 0.0429. The van der Waals surface area contributed by atoms with Gasteiger partial charge in [-0.3, -0.25) is 0 Å². The highest BCUT2D eigenvalue weighted by molar-refractivity contribution is 5.72. The van der Waals surface area contributed by atoms with E-state index in [0.717, 1.165) is 61.7 Å². The molecule has 5 rings (SSSR count). The van der Waals surface area contributed by atoms with Crippen LogP contribution in [-0.4, -0.2) is 53.8 Å². The van der Waals surface area contributed by atoms with Crippen molar-refractivity contribution in [2.24, 2.45) is 0 Å². The number of pyridine rings is 1. The molecular formula is C20H23F3N6O. The minimum Gasteiger partial charge on any atom is -0.384 e. The molecule has 7 nitrogen and oxygen atoms in total. The summed E-state index contributed by atoms with van der Waals surface area (Å²) in [6, 6.07) is 1.19. The largest absolute Gasteiger partial charge is 0.417 e. The lowest BCUT2D eigenvalue weighted by Crippen LogP contribution is -2.37. The van der Waals surface area contributed by atoms with Crippen molar-refractivity contribution >= 4 is 17.5 Å². The lowest BCUT2D eigenvalue weighted by atomic mass is 10.0. The Labute approximate surface area is 172 Å². The number of anilines is 3. The molecule has 0 aliphatic carbocycles. The fraction of sp³-hybridized carbons (Fsp3) is 0.550. The van der Waals surface area contributed by atoms with Gasteiger partial charge in [0.15, 0.2) is 5.82 Å². The zero-order valence-electron chi connectivity index (χ0n) is 16.5. The first-order valence-electron chi connectivity index (χ1n) is 10.2. The molecule has 2 N–H and O–H groups in total. The summed E-state index contributed by atoms with van der Waals surface area (Å²) in [5.74, 6) is 1.34. The third-order valence-corrected chi connectivity index (χ3v) is 6.08. The van der Waals surface area contributed by atoms with Crippen LogP contribution in [0.15, 0.2) is 12.3 Å². The molecule has 0 bridgehead atoms. The molecule has 0 saturated carbocycles. The predicted octanol–water partition coefficient (Wildman–Crippen LogP) is 2.89. The highest BCUT2D eigenvalue weighted by Gasteiger charge is 2.39. The van der Waals surface area contributed by atoms with Crippen LogP contribution in [-0.2, 0) is 17.3 Å². The van der Waals surface area contributed by atoms with Crippen LogP contribution in [0.1, 0.15) is 30.4 Å². The summed E-state index contributed by atoms with van der Waals surface area (Å²) in [7, 11) is 0. The number of alkyl halides is 3. The SMILES string of the molecule is Nc1cc(C(F)(F)F)c(-c2nc(N3CCOCC3)c3c(n2)N2CCCC[C@@H]2C3)cn1. The normalized spacial score (nSPS) is 21.5. The van der Waals surface area contributed by atoms with E-state index in [0.29, 0.717) is 32.3 Å². The van der Waals surface area contributed by atoms with Gasteiger partial charge in [0.25, 0.3) is 0 Å². The fourth-order valence-corrected chi connectivity index (χ4v) is 4.65. The Balaban J connectivity index is 1.68. The van der Waals surface area contributed by atoms with Crippen molar-refractivity contribution in [3.63, 3.8) is 0 Å². The van der Waals surface area contributed by atoms with Gasteiger partial charge in [0, 0.05) is 43.9 Å². The predicted molar refractivity (Wildman–Crippen MR) is 106 cm³/mol. The Morgan fingerprint density at radius 2 is 1.83 bits per heavy atom. The summed E-state index contributed by atoms with van der Waals surface area (Å²) < 4.78 is 46.7. The highest BCUT2D eigenvalue weighted by atomic mass is 19.4. The van der Waals surface area contributed by atoms with E-state index in [1.807, 2.05) is 0 Å². The van der Waals surface area contributed by atoms with Crippen LogP contribution >= 0.6 is 0 Å². The van der Waals surface area contributed by atoms with Crippen molar-refractivity contribution in [2.45, 2.75) is 37.9 Å². The molecule has 5 heterocycles. The maximum atomic E-state index is 13.7. The number of nitrogen functional groups attached to an aromatic ring is 1. The van der Waals surface area contributed by atoms with Gasteiger partial charge in [-0.2, -0.15) is 13.2 Å². The van der Waals surface area contributed by atoms with E-state index in [1.165, 1.54) is 0 Å². The molecule has 3 aliphatic heterocycles. The van der Waals surface area contributed by atoms with Crippen molar-refractivity contribution in [1.82, 2.24) is 15.0 Å². The molecule has 0 amide bonds. The van der Waals surface area contributed by atoms with Gasteiger partial charge in [-0.05, 0) is 25.3 Å². The van der Waals surface area contributed by atoms with Crippen molar-refractivity contribution in [2.75, 3.05) is 48.4 Å². The van der Waals surface area contributed by atoms with Gasteiger partial charge in [0.2, 0.25) is 0 Å². The number of hydrogen-bond acceptors (Lipinski definition) is 7. The van der Waals surface area contributed by atoms with Crippen molar-refractivity contribution in [1.29, 1.82) is 0 Å². The molecule has 2 aromatic heterocycles. The second-order valence-electron chi connectivity index (χ2n) is 7.97. The number of piperidine rings is 1. The summed E-state index contributed by atoms with van der Waals surface area (Å²) in [5, 5.41) is 0. The summed E-state index contributed by atoms with van der Waals surface area (Å²) in [6.07, 6.45) is 0.648. The lowest BCUT2D eigenvalue weighted by Gasteiger charge is -2.31. The smallest absolute Gasteiger partial charge is 0.384 e. The van der Waals surface area contributed by atoms with Crippen LogP contribution in [0.2, 0.25) is 0 Å². The maximum absolute atomic E-state index is 13.7. The molecule has 2 saturated heterocycles. The Kier molecular flexibility index (Phi) is 4.68. The zero-order valence-corrected chi connectivity index (χ0v) is 16.5. The fourth-order valence-electron chi connectivity index (χ4n) is 4.65. The number of nitrogens with two attached hydrogens (primary N) is 1. The van der Waals surface area contributed by atoms with Crippen LogP contribution in [0.3, 0.4) is 0 Å². The molecule has 160 valence electrons. The van der Waals surface area contributed by atoms with Gasteiger partial charge in [-0.15, -0.1) is 0 Å². The number of halogens is 3. The Morgan fingerprint density at radius 3 is 2.60 bits per heavy atom. The molecule has 2 aromatic rings. The number of rotatable bonds is 2. The third-order valence-electron chi connectivity index (χ3n) is 6.08. The van der Waals surface area contributed by atoms with Crippen molar-refractivity contribution in [3.05, 3.63) is 23.4 Å². The summed E-state index contributed by atoms with van der Waals surface area (Å²) in [4.78, 5) is 17.5. The van der Waals surface area contributed by atoms with Crippen LogP contribution in [0.4, 0.5) is 30.6 Å². The van der Waals surface area contributed by atoms with Crippen LogP contribution in [0, 0.1) is 0 Å². The van der Waals surface area contributed by atoms with E-state index < -0.39 is 11.7 Å². The summed E-state index contributed by atoms with van der Waals surface area (Å²) in [5.41, 5.74) is 5.57. The van der Waals surface area contributed by atoms with Gasteiger partial charge < -0.3 is 20.3 Å². The number of morpholine rings is 1. The molecule has 10 heteroatoms. The molecule has 1 atom stereocenters. The van der Waals surface area contributed by atoms with Gasteiger partial charge in [0.05, 0.1) is 24.3 Å². The Bertz CT molecular complexity index is 960. The van der Waals surface area contributed by atoms with Crippen molar-refractivity contribution < 1.29 is 17.9 Å². The van der Waals surface area contributed by atoms with E-state index in [4.69, 9.17) is 10.5 Å². The molecule has 30 heavy (non-hydrogen) atoms. The number of nitrogens with zero attached hydrogens (tertiary/aromatic N) is 5. The van der Waals surface area contributed by atoms with Gasteiger partial charge in [-0.1, -0.05) is 0 Å². The number of aromatic nitrogens is 3. The number of ether oxygens (including phenoxy) is 1. The third kappa shape index (κ3) is 3.32. The molecule has 3 aliphatic rings. The van der Waals surface area contributed by atoms with E-state index in [1.54, 1.807) is 0 Å². The Hall–Kier alpha value is -2.62. The standard InChI is InChI=1S/C20H23F3N6O/c21-20(22,23)15-10-16(24)25-11-14(15)17-26-18(28-5-7-30-8-6-28)13-9-12-3-1-2-4-29(12)19(13)27-17/h10-12H,1-9H2,(H2,24,25)/t12-/m1/s1. The summed E-state index contributed by atoms with van der Waals surface area (Å²) in [6.45, 7) is 3.30. The monoisotopic (exact) mass is 420 g/mol.